The molecule has 4 rings (SSSR count). The number of hydrogen-bond acceptors (Lipinski definition) is 5. The Morgan fingerprint density at radius 3 is 2.91 bits per heavy atom. The first-order valence-corrected chi connectivity index (χ1v) is 7.74. The van der Waals surface area contributed by atoms with Gasteiger partial charge in [-0.2, -0.15) is 0 Å². The fourth-order valence-electron chi connectivity index (χ4n) is 3.64. The van der Waals surface area contributed by atoms with Crippen LogP contribution in [0.5, 0.6) is 5.88 Å². The van der Waals surface area contributed by atoms with E-state index in [0.717, 1.165) is 18.8 Å². The molecule has 118 valence electrons. The van der Waals surface area contributed by atoms with Crippen LogP contribution in [0.15, 0.2) is 24.0 Å². The van der Waals surface area contributed by atoms with Gasteiger partial charge in [0.05, 0.1) is 26.1 Å². The minimum Gasteiger partial charge on any atom is -0.480 e. The highest BCUT2D eigenvalue weighted by Crippen LogP contribution is 2.59. The van der Waals surface area contributed by atoms with E-state index in [4.69, 9.17) is 9.47 Å². The molecule has 22 heavy (non-hydrogen) atoms. The number of hydrogen-bond donors (Lipinski definition) is 0. The highest BCUT2D eigenvalue weighted by molar-refractivity contribution is 5.86. The van der Waals surface area contributed by atoms with Gasteiger partial charge >= 0.3 is 5.97 Å². The summed E-state index contributed by atoms with van der Waals surface area (Å²) < 4.78 is 10.3. The summed E-state index contributed by atoms with van der Waals surface area (Å²) in [5.41, 5.74) is 2.03. The molecular weight excluding hydrogens is 280 g/mol. The number of aromatic nitrogens is 2. The number of fused-ring (bicyclic) bond motifs is 1. The number of allylic oxidation sites excluding steroid dienone is 1. The summed E-state index contributed by atoms with van der Waals surface area (Å²) in [5, 5.41) is 0. The summed E-state index contributed by atoms with van der Waals surface area (Å²) in [6.07, 6.45) is 8.44. The molecule has 0 N–H and O–H groups in total. The van der Waals surface area contributed by atoms with Crippen molar-refractivity contribution in [2.45, 2.75) is 33.1 Å². The van der Waals surface area contributed by atoms with E-state index in [2.05, 4.69) is 29.9 Å². The number of rotatable bonds is 5. The number of nitrogens with zero attached hydrogens (tertiary/aromatic N) is 2. The number of esters is 1. The lowest BCUT2D eigenvalue weighted by Crippen LogP contribution is -2.48. The average molecular weight is 302 g/mol. The van der Waals surface area contributed by atoms with Crippen LogP contribution in [0.2, 0.25) is 0 Å². The van der Waals surface area contributed by atoms with E-state index in [-0.39, 0.29) is 5.69 Å². The third kappa shape index (κ3) is 2.60. The molecule has 1 heterocycles. The van der Waals surface area contributed by atoms with Crippen LogP contribution < -0.4 is 4.74 Å². The zero-order chi connectivity index (χ0) is 15.7. The average Bonchev–Trinajstić information content (AvgIpc) is 2.54. The molecule has 1 saturated carbocycles. The first-order valence-electron chi connectivity index (χ1n) is 7.74. The van der Waals surface area contributed by atoms with E-state index in [9.17, 15) is 4.79 Å². The number of carbonyl (C=O) groups is 1. The number of methoxy groups -OCH3 is 1. The predicted molar refractivity (Wildman–Crippen MR) is 81.6 cm³/mol. The lowest BCUT2D eigenvalue weighted by molar-refractivity contribution is -0.0103. The normalized spacial score (nSPS) is 25.0. The number of ether oxygens (including phenoxy) is 2. The van der Waals surface area contributed by atoms with Gasteiger partial charge in [0, 0.05) is 6.42 Å². The zero-order valence-electron chi connectivity index (χ0n) is 13.3. The molecular formula is C17H22N2O3. The second-order valence-corrected chi connectivity index (χ2v) is 6.65. The van der Waals surface area contributed by atoms with E-state index in [1.807, 2.05) is 0 Å². The van der Waals surface area contributed by atoms with E-state index in [0.29, 0.717) is 23.8 Å². The van der Waals surface area contributed by atoms with Crippen LogP contribution in [0, 0.1) is 17.3 Å². The molecule has 0 aromatic carbocycles. The standard InChI is InChI=1S/C17H22N2O3/c1-17(2)12-5-4-11(13(17)8-12)6-7-22-16(20)14-9-18-10-15(19-14)21-3/h4,9-10,12-13H,5-8H2,1-3H3/t12-,13-/m0/s1. The molecule has 1 aromatic rings. The molecule has 0 saturated heterocycles. The Morgan fingerprint density at radius 2 is 2.23 bits per heavy atom. The van der Waals surface area contributed by atoms with Crippen LogP contribution >= 0.6 is 0 Å². The van der Waals surface area contributed by atoms with Gasteiger partial charge in [-0.15, -0.1) is 0 Å². The van der Waals surface area contributed by atoms with Gasteiger partial charge in [-0.05, 0) is 30.1 Å². The van der Waals surface area contributed by atoms with E-state index in [1.54, 1.807) is 0 Å². The van der Waals surface area contributed by atoms with Gasteiger partial charge in [-0.1, -0.05) is 25.5 Å². The van der Waals surface area contributed by atoms with Crippen LogP contribution in [0.25, 0.3) is 0 Å². The fraction of sp³-hybridized carbons (Fsp3) is 0.588. The molecule has 0 amide bonds. The maximum Gasteiger partial charge on any atom is 0.358 e. The van der Waals surface area contributed by atoms with Crippen molar-refractivity contribution in [2.75, 3.05) is 13.7 Å². The summed E-state index contributed by atoms with van der Waals surface area (Å²) in [6.45, 7) is 5.08. The first kappa shape index (κ1) is 15.0. The molecule has 1 fully saturated rings. The van der Waals surface area contributed by atoms with E-state index < -0.39 is 5.97 Å². The topological polar surface area (TPSA) is 61.3 Å². The second-order valence-electron chi connectivity index (χ2n) is 6.65. The van der Waals surface area contributed by atoms with Crippen molar-refractivity contribution in [3.63, 3.8) is 0 Å². The lowest BCUT2D eigenvalue weighted by Gasteiger charge is -2.56. The first-order chi connectivity index (χ1) is 10.5. The maximum absolute atomic E-state index is 12.0. The van der Waals surface area contributed by atoms with Crippen LogP contribution in [0.3, 0.4) is 0 Å². The Hall–Kier alpha value is -1.91. The molecule has 3 aliphatic carbocycles. The fourth-order valence-corrected chi connectivity index (χ4v) is 3.64. The summed E-state index contributed by atoms with van der Waals surface area (Å²) in [4.78, 5) is 19.9. The summed E-state index contributed by atoms with van der Waals surface area (Å²) in [7, 11) is 1.49. The highest BCUT2D eigenvalue weighted by Gasteiger charge is 2.50. The monoisotopic (exact) mass is 302 g/mol. The largest absolute Gasteiger partial charge is 0.480 e. The van der Waals surface area contributed by atoms with Gasteiger partial charge in [-0.25, -0.2) is 9.78 Å². The smallest absolute Gasteiger partial charge is 0.358 e. The van der Waals surface area contributed by atoms with Crippen molar-refractivity contribution in [3.8, 4) is 5.88 Å². The Kier molecular flexibility index (Phi) is 3.89. The maximum atomic E-state index is 12.0. The quantitative estimate of drug-likeness (QED) is 0.618. The number of carbonyl (C=O) groups excluding carboxylic acids is 1. The minimum absolute atomic E-state index is 0.181. The third-order valence-corrected chi connectivity index (χ3v) is 5.24. The summed E-state index contributed by atoms with van der Waals surface area (Å²) in [6, 6.07) is 0. The van der Waals surface area contributed by atoms with Crippen molar-refractivity contribution in [1.29, 1.82) is 0 Å². The van der Waals surface area contributed by atoms with Gasteiger partial charge in [0.1, 0.15) is 0 Å². The van der Waals surface area contributed by atoms with Crippen molar-refractivity contribution >= 4 is 5.97 Å². The van der Waals surface area contributed by atoms with Crippen molar-refractivity contribution in [1.82, 2.24) is 9.97 Å². The van der Waals surface area contributed by atoms with Gasteiger partial charge < -0.3 is 9.47 Å². The minimum atomic E-state index is -0.450. The van der Waals surface area contributed by atoms with Crippen LogP contribution in [-0.2, 0) is 4.74 Å². The summed E-state index contributed by atoms with van der Waals surface area (Å²) >= 11 is 0. The molecule has 5 nitrogen and oxygen atoms in total. The Bertz CT molecular complexity index is 610. The van der Waals surface area contributed by atoms with Gasteiger partial charge in [0.15, 0.2) is 5.69 Å². The Labute approximate surface area is 130 Å². The summed E-state index contributed by atoms with van der Waals surface area (Å²) in [5.74, 6) is 1.35. The van der Waals surface area contributed by atoms with Crippen LogP contribution in [0.1, 0.15) is 43.6 Å². The van der Waals surface area contributed by atoms with Crippen molar-refractivity contribution < 1.29 is 14.3 Å². The van der Waals surface area contributed by atoms with Gasteiger partial charge in [0.25, 0.3) is 0 Å². The predicted octanol–water partition coefficient (Wildman–Crippen LogP) is 3.02. The molecule has 0 spiro atoms. The molecule has 1 aromatic heterocycles. The van der Waals surface area contributed by atoms with Crippen molar-refractivity contribution in [3.05, 3.63) is 29.7 Å². The molecule has 0 radical (unpaired) electrons. The molecule has 0 unspecified atom stereocenters. The Balaban J connectivity index is 1.53. The third-order valence-electron chi connectivity index (χ3n) is 5.24. The van der Waals surface area contributed by atoms with Gasteiger partial charge in [-0.3, -0.25) is 4.98 Å². The molecule has 5 heteroatoms. The van der Waals surface area contributed by atoms with Crippen LogP contribution in [-0.4, -0.2) is 29.7 Å². The molecule has 2 bridgehead atoms. The molecule has 3 aliphatic rings. The second kappa shape index (κ2) is 5.71. The zero-order valence-corrected chi connectivity index (χ0v) is 13.3. The van der Waals surface area contributed by atoms with Crippen LogP contribution in [0.4, 0.5) is 0 Å². The lowest BCUT2D eigenvalue weighted by atomic mass is 9.48. The highest BCUT2D eigenvalue weighted by atomic mass is 16.5. The Morgan fingerprint density at radius 1 is 1.41 bits per heavy atom. The van der Waals surface area contributed by atoms with Gasteiger partial charge in [0.2, 0.25) is 5.88 Å². The van der Waals surface area contributed by atoms with Crippen molar-refractivity contribution in [2.24, 2.45) is 17.3 Å². The van der Waals surface area contributed by atoms with E-state index in [1.165, 1.54) is 31.5 Å². The van der Waals surface area contributed by atoms with E-state index >= 15 is 0 Å². The SMILES string of the molecule is COc1cncc(C(=O)OCCC2=CC[C@H]3C[C@@H]2C3(C)C)n1. The molecule has 0 aliphatic heterocycles. The molecule has 2 atom stereocenters.